The number of carbonyl (C=O) groups excluding carboxylic acids is 1. The molecule has 1 fully saturated rings. The Kier molecular flexibility index (Phi) is 8.04. The SMILES string of the molecule is CC(C)COc1ccc(C(C)(C)NC(=O)C2CCNCC2)cc1.Cl. The van der Waals surface area contributed by atoms with Gasteiger partial charge in [-0.15, -0.1) is 12.4 Å². The van der Waals surface area contributed by atoms with Gasteiger partial charge < -0.3 is 15.4 Å². The van der Waals surface area contributed by atoms with Crippen LogP contribution in [0.15, 0.2) is 24.3 Å². The summed E-state index contributed by atoms with van der Waals surface area (Å²) in [5.74, 6) is 1.68. The Hall–Kier alpha value is -1.26. The van der Waals surface area contributed by atoms with E-state index >= 15 is 0 Å². The van der Waals surface area contributed by atoms with Crippen molar-refractivity contribution in [3.8, 4) is 5.75 Å². The molecule has 4 nitrogen and oxygen atoms in total. The molecule has 2 rings (SSSR count). The summed E-state index contributed by atoms with van der Waals surface area (Å²) in [4.78, 5) is 12.5. The second kappa shape index (κ2) is 9.28. The second-order valence-corrected chi connectivity index (χ2v) is 7.37. The van der Waals surface area contributed by atoms with Crippen molar-refractivity contribution in [3.05, 3.63) is 29.8 Å². The van der Waals surface area contributed by atoms with Gasteiger partial charge in [-0.3, -0.25) is 4.79 Å². The first-order valence-electron chi connectivity index (χ1n) is 8.64. The quantitative estimate of drug-likeness (QED) is 0.822. The first-order valence-corrected chi connectivity index (χ1v) is 8.64. The molecule has 0 atom stereocenters. The van der Waals surface area contributed by atoms with Crippen molar-refractivity contribution in [1.82, 2.24) is 10.6 Å². The van der Waals surface area contributed by atoms with Crippen molar-refractivity contribution in [3.63, 3.8) is 0 Å². The van der Waals surface area contributed by atoms with Gasteiger partial charge in [0.1, 0.15) is 5.75 Å². The van der Waals surface area contributed by atoms with Crippen LogP contribution in [0.3, 0.4) is 0 Å². The number of benzene rings is 1. The van der Waals surface area contributed by atoms with Crippen molar-refractivity contribution in [1.29, 1.82) is 0 Å². The normalized spacial score (nSPS) is 15.7. The van der Waals surface area contributed by atoms with E-state index in [1.165, 1.54) is 0 Å². The summed E-state index contributed by atoms with van der Waals surface area (Å²) >= 11 is 0. The molecule has 0 saturated carbocycles. The molecule has 1 aliphatic heterocycles. The van der Waals surface area contributed by atoms with E-state index in [0.717, 1.165) is 43.9 Å². The number of hydrogen-bond acceptors (Lipinski definition) is 3. The third kappa shape index (κ3) is 5.99. The Morgan fingerprint density at radius 2 is 1.83 bits per heavy atom. The number of halogens is 1. The molecular weight excluding hydrogens is 324 g/mol. The van der Waals surface area contributed by atoms with E-state index < -0.39 is 0 Å². The molecule has 0 spiro atoms. The highest BCUT2D eigenvalue weighted by Crippen LogP contribution is 2.24. The number of hydrogen-bond donors (Lipinski definition) is 2. The third-order valence-electron chi connectivity index (χ3n) is 4.30. The molecular formula is C19H31ClN2O2. The Labute approximate surface area is 152 Å². The lowest BCUT2D eigenvalue weighted by molar-refractivity contribution is -0.127. The van der Waals surface area contributed by atoms with Crippen LogP contribution < -0.4 is 15.4 Å². The minimum absolute atomic E-state index is 0. The lowest BCUT2D eigenvalue weighted by atomic mass is 9.91. The topological polar surface area (TPSA) is 50.4 Å². The smallest absolute Gasteiger partial charge is 0.223 e. The van der Waals surface area contributed by atoms with Gasteiger partial charge in [0.15, 0.2) is 0 Å². The molecule has 1 saturated heterocycles. The molecule has 24 heavy (non-hydrogen) atoms. The van der Waals surface area contributed by atoms with Gasteiger partial charge >= 0.3 is 0 Å². The van der Waals surface area contributed by atoms with E-state index in [-0.39, 0.29) is 29.8 Å². The van der Waals surface area contributed by atoms with Crippen LogP contribution in [0, 0.1) is 11.8 Å². The largest absolute Gasteiger partial charge is 0.493 e. The molecule has 2 N–H and O–H groups in total. The fraction of sp³-hybridized carbons (Fsp3) is 0.632. The molecule has 1 aromatic rings. The maximum absolute atomic E-state index is 12.5. The zero-order valence-electron chi connectivity index (χ0n) is 15.2. The first kappa shape index (κ1) is 20.8. The Morgan fingerprint density at radius 3 is 2.38 bits per heavy atom. The van der Waals surface area contributed by atoms with Gasteiger partial charge in [-0.2, -0.15) is 0 Å². The van der Waals surface area contributed by atoms with E-state index in [2.05, 4.69) is 38.3 Å². The van der Waals surface area contributed by atoms with Crippen LogP contribution in [0.5, 0.6) is 5.75 Å². The third-order valence-corrected chi connectivity index (χ3v) is 4.30. The number of nitrogens with one attached hydrogen (secondary N) is 2. The highest BCUT2D eigenvalue weighted by Gasteiger charge is 2.28. The summed E-state index contributed by atoms with van der Waals surface area (Å²) in [5.41, 5.74) is 0.718. The molecule has 0 bridgehead atoms. The molecule has 1 amide bonds. The van der Waals surface area contributed by atoms with Crippen LogP contribution in [-0.4, -0.2) is 25.6 Å². The van der Waals surface area contributed by atoms with Gasteiger partial charge in [0.2, 0.25) is 5.91 Å². The second-order valence-electron chi connectivity index (χ2n) is 7.37. The number of carbonyl (C=O) groups is 1. The van der Waals surface area contributed by atoms with E-state index in [1.54, 1.807) is 0 Å². The van der Waals surface area contributed by atoms with Crippen molar-refractivity contribution in [2.45, 2.75) is 46.1 Å². The van der Waals surface area contributed by atoms with Crippen LogP contribution in [0.2, 0.25) is 0 Å². The van der Waals surface area contributed by atoms with E-state index in [1.807, 2.05) is 24.3 Å². The molecule has 1 heterocycles. The van der Waals surface area contributed by atoms with Crippen LogP contribution in [0.4, 0.5) is 0 Å². The van der Waals surface area contributed by atoms with Crippen molar-refractivity contribution in [2.24, 2.45) is 11.8 Å². The van der Waals surface area contributed by atoms with Crippen LogP contribution in [-0.2, 0) is 10.3 Å². The van der Waals surface area contributed by atoms with E-state index in [4.69, 9.17) is 4.74 Å². The molecule has 5 heteroatoms. The average Bonchev–Trinajstić information content (AvgIpc) is 2.53. The lowest BCUT2D eigenvalue weighted by Crippen LogP contribution is -2.46. The number of piperidine rings is 1. The zero-order chi connectivity index (χ0) is 16.9. The number of rotatable bonds is 6. The average molecular weight is 355 g/mol. The van der Waals surface area contributed by atoms with Crippen molar-refractivity contribution >= 4 is 18.3 Å². The van der Waals surface area contributed by atoms with Gasteiger partial charge in [0.05, 0.1) is 12.1 Å². The first-order chi connectivity index (χ1) is 10.9. The number of ether oxygens (including phenoxy) is 1. The molecule has 136 valence electrons. The minimum Gasteiger partial charge on any atom is -0.493 e. The standard InChI is InChI=1S/C19H30N2O2.ClH/c1-14(2)13-23-17-7-5-16(6-8-17)19(3,4)21-18(22)15-9-11-20-12-10-15;/h5-8,14-15,20H,9-13H2,1-4H3,(H,21,22);1H. The lowest BCUT2D eigenvalue weighted by Gasteiger charge is -2.31. The molecule has 0 unspecified atom stereocenters. The maximum Gasteiger partial charge on any atom is 0.223 e. The number of amides is 1. The molecule has 0 radical (unpaired) electrons. The Bertz CT molecular complexity index is 509. The summed E-state index contributed by atoms with van der Waals surface area (Å²) in [7, 11) is 0. The van der Waals surface area contributed by atoms with Gasteiger partial charge in [0.25, 0.3) is 0 Å². The van der Waals surface area contributed by atoms with Crippen LogP contribution >= 0.6 is 12.4 Å². The molecule has 1 aliphatic rings. The van der Waals surface area contributed by atoms with Crippen molar-refractivity contribution < 1.29 is 9.53 Å². The molecule has 1 aromatic carbocycles. The molecule has 0 aliphatic carbocycles. The van der Waals surface area contributed by atoms with Gasteiger partial charge in [-0.1, -0.05) is 26.0 Å². The van der Waals surface area contributed by atoms with E-state index in [9.17, 15) is 4.79 Å². The monoisotopic (exact) mass is 354 g/mol. The highest BCUT2D eigenvalue weighted by molar-refractivity contribution is 5.85. The van der Waals surface area contributed by atoms with Gasteiger partial charge in [0, 0.05) is 5.92 Å². The predicted octanol–water partition coefficient (Wildman–Crippen LogP) is 3.49. The minimum atomic E-state index is -0.376. The summed E-state index contributed by atoms with van der Waals surface area (Å²) in [6.45, 7) is 10.9. The zero-order valence-corrected chi connectivity index (χ0v) is 16.0. The van der Waals surface area contributed by atoms with Crippen LogP contribution in [0.1, 0.15) is 46.1 Å². The highest BCUT2D eigenvalue weighted by atomic mass is 35.5. The maximum atomic E-state index is 12.5. The fourth-order valence-corrected chi connectivity index (χ4v) is 2.80. The van der Waals surface area contributed by atoms with Crippen molar-refractivity contribution in [2.75, 3.05) is 19.7 Å². The predicted molar refractivity (Wildman–Crippen MR) is 101 cm³/mol. The molecule has 0 aromatic heterocycles. The van der Waals surface area contributed by atoms with Gasteiger partial charge in [-0.05, 0) is 63.4 Å². The summed E-state index contributed by atoms with van der Waals surface area (Å²) in [6.07, 6.45) is 1.84. The summed E-state index contributed by atoms with van der Waals surface area (Å²) in [5, 5.41) is 6.50. The fourth-order valence-electron chi connectivity index (χ4n) is 2.80. The Morgan fingerprint density at radius 1 is 1.25 bits per heavy atom. The van der Waals surface area contributed by atoms with Gasteiger partial charge in [-0.25, -0.2) is 0 Å². The summed E-state index contributed by atoms with van der Waals surface area (Å²) < 4.78 is 5.72. The Balaban J connectivity index is 0.00000288. The van der Waals surface area contributed by atoms with E-state index in [0.29, 0.717) is 5.92 Å². The summed E-state index contributed by atoms with van der Waals surface area (Å²) in [6, 6.07) is 8.04. The van der Waals surface area contributed by atoms with Crippen LogP contribution in [0.25, 0.3) is 0 Å².